The van der Waals surface area contributed by atoms with Crippen LogP contribution >= 0.6 is 11.3 Å². The molecule has 5 aromatic rings. The van der Waals surface area contributed by atoms with E-state index in [1.54, 1.807) is 25.1 Å². The Bertz CT molecular complexity index is 1980. The lowest BCUT2D eigenvalue weighted by Crippen LogP contribution is -2.40. The number of para-hydroxylation sites is 1. The van der Waals surface area contributed by atoms with Gasteiger partial charge in [-0.05, 0) is 42.3 Å². The molecule has 1 atom stereocenters. The molecule has 4 aromatic carbocycles. The third-order valence-corrected chi connectivity index (χ3v) is 7.99. The van der Waals surface area contributed by atoms with Crippen LogP contribution in [0.5, 0.6) is 5.75 Å². The molecular formula is C35H27FN2O4S. The first-order valence-corrected chi connectivity index (χ1v) is 14.6. The highest BCUT2D eigenvalue weighted by Gasteiger charge is 2.35. The van der Waals surface area contributed by atoms with Gasteiger partial charge in [-0.2, -0.15) is 0 Å². The molecular weight excluding hydrogens is 563 g/mol. The fourth-order valence-corrected chi connectivity index (χ4v) is 6.00. The van der Waals surface area contributed by atoms with E-state index in [4.69, 9.17) is 14.5 Å². The summed E-state index contributed by atoms with van der Waals surface area (Å²) in [5.74, 6) is -0.383. The van der Waals surface area contributed by atoms with E-state index in [0.717, 1.165) is 11.1 Å². The Hall–Kier alpha value is -5.08. The maximum atomic E-state index is 14.1. The lowest BCUT2D eigenvalue weighted by atomic mass is 9.93. The van der Waals surface area contributed by atoms with Crippen LogP contribution in [0.4, 0.5) is 4.39 Å². The third-order valence-electron chi connectivity index (χ3n) is 7.00. The molecule has 0 spiro atoms. The van der Waals surface area contributed by atoms with E-state index in [1.807, 2.05) is 84.9 Å². The molecule has 2 heterocycles. The Kier molecular flexibility index (Phi) is 8.11. The molecule has 6 nitrogen and oxygen atoms in total. The molecule has 8 heteroatoms. The van der Waals surface area contributed by atoms with Crippen LogP contribution in [0.3, 0.4) is 0 Å². The zero-order chi connectivity index (χ0) is 29.8. The van der Waals surface area contributed by atoms with Crippen LogP contribution in [0.15, 0.2) is 125 Å². The first-order chi connectivity index (χ1) is 21.0. The third kappa shape index (κ3) is 5.82. The lowest BCUT2D eigenvalue weighted by Gasteiger charge is -2.25. The summed E-state index contributed by atoms with van der Waals surface area (Å²) in [5, 5.41) is 0. The fourth-order valence-electron chi connectivity index (χ4n) is 5.01. The number of benzene rings is 4. The molecule has 1 aromatic heterocycles. The predicted molar refractivity (Wildman–Crippen MR) is 165 cm³/mol. The minimum absolute atomic E-state index is 0.144. The van der Waals surface area contributed by atoms with Gasteiger partial charge in [-0.15, -0.1) is 0 Å². The van der Waals surface area contributed by atoms with E-state index in [-0.39, 0.29) is 17.7 Å². The molecule has 214 valence electrons. The number of carbonyl (C=O) groups excluding carboxylic acids is 1. The number of hydrogen-bond acceptors (Lipinski definition) is 6. The second-order valence-electron chi connectivity index (χ2n) is 9.80. The maximum absolute atomic E-state index is 14.1. The van der Waals surface area contributed by atoms with Gasteiger partial charge in [-0.1, -0.05) is 102 Å². The average Bonchev–Trinajstić information content (AvgIpc) is 3.35. The van der Waals surface area contributed by atoms with Crippen molar-refractivity contribution in [2.45, 2.75) is 19.6 Å². The highest BCUT2D eigenvalue weighted by molar-refractivity contribution is 7.07. The second-order valence-corrected chi connectivity index (χ2v) is 10.8. The van der Waals surface area contributed by atoms with Crippen LogP contribution in [0, 0.1) is 5.82 Å². The van der Waals surface area contributed by atoms with Crippen LogP contribution in [0.25, 0.3) is 11.8 Å². The SMILES string of the molecule is CCOC(=O)C1=C(c2ccccc2)N=c2s/c(=C\c3ccccc3OCc3ccccc3)c(=O)n2C1c1ccc(F)cc1. The quantitative estimate of drug-likeness (QED) is 0.219. The van der Waals surface area contributed by atoms with Gasteiger partial charge in [0.15, 0.2) is 4.80 Å². The molecule has 43 heavy (non-hydrogen) atoms. The largest absolute Gasteiger partial charge is 0.488 e. The maximum Gasteiger partial charge on any atom is 0.338 e. The number of carbonyl (C=O) groups is 1. The first-order valence-electron chi connectivity index (χ1n) is 13.8. The number of esters is 1. The van der Waals surface area contributed by atoms with Gasteiger partial charge in [-0.3, -0.25) is 9.36 Å². The van der Waals surface area contributed by atoms with Crippen molar-refractivity contribution in [1.29, 1.82) is 0 Å². The van der Waals surface area contributed by atoms with E-state index in [2.05, 4.69) is 0 Å². The monoisotopic (exact) mass is 590 g/mol. The summed E-state index contributed by atoms with van der Waals surface area (Å²) in [7, 11) is 0. The van der Waals surface area contributed by atoms with Gasteiger partial charge >= 0.3 is 5.97 Å². The van der Waals surface area contributed by atoms with Crippen molar-refractivity contribution in [3.8, 4) is 5.75 Å². The van der Waals surface area contributed by atoms with Crippen molar-refractivity contribution in [2.75, 3.05) is 6.61 Å². The standard InChI is InChI=1S/C35H27FN2O4S/c1-2-41-34(40)30-31(24-13-7-4-8-14-24)37-35-38(32(30)25-17-19-27(36)20-18-25)33(39)29(43-35)21-26-15-9-10-16-28(26)42-22-23-11-5-3-6-12-23/h3-21,32H,2,22H2,1H3/b29-21-. The minimum Gasteiger partial charge on any atom is -0.488 e. The number of rotatable bonds is 8. The van der Waals surface area contributed by atoms with E-state index in [1.165, 1.54) is 28.0 Å². The van der Waals surface area contributed by atoms with E-state index in [0.29, 0.717) is 38.5 Å². The van der Waals surface area contributed by atoms with Crippen LogP contribution in [0.2, 0.25) is 0 Å². The van der Waals surface area contributed by atoms with Crippen LogP contribution in [0.1, 0.15) is 35.2 Å². The van der Waals surface area contributed by atoms with Crippen LogP contribution in [-0.2, 0) is 16.1 Å². The Balaban J connectivity index is 1.53. The number of fused-ring (bicyclic) bond motifs is 1. The molecule has 6 rings (SSSR count). The van der Waals surface area contributed by atoms with Gasteiger partial charge < -0.3 is 9.47 Å². The fraction of sp³-hybridized carbons (Fsp3) is 0.114. The first kappa shape index (κ1) is 28.1. The molecule has 0 saturated carbocycles. The number of nitrogens with zero attached hydrogens (tertiary/aromatic N) is 2. The molecule has 1 unspecified atom stereocenters. The smallest absolute Gasteiger partial charge is 0.338 e. The molecule has 0 amide bonds. The summed E-state index contributed by atoms with van der Waals surface area (Å²) in [6, 6.07) is 31.6. The Morgan fingerprint density at radius 2 is 1.60 bits per heavy atom. The summed E-state index contributed by atoms with van der Waals surface area (Å²) < 4.78 is 27.5. The molecule has 0 fully saturated rings. The summed E-state index contributed by atoms with van der Waals surface area (Å²) in [4.78, 5) is 32.9. The average molecular weight is 591 g/mol. The molecule has 0 aliphatic carbocycles. The molecule has 1 aliphatic rings. The number of ether oxygens (including phenoxy) is 2. The Morgan fingerprint density at radius 3 is 2.33 bits per heavy atom. The van der Waals surface area contributed by atoms with Gasteiger partial charge in [0.1, 0.15) is 18.2 Å². The van der Waals surface area contributed by atoms with Gasteiger partial charge in [0, 0.05) is 11.1 Å². The highest BCUT2D eigenvalue weighted by Crippen LogP contribution is 2.35. The minimum atomic E-state index is -0.877. The molecule has 1 aliphatic heterocycles. The predicted octanol–water partition coefficient (Wildman–Crippen LogP) is 5.65. The van der Waals surface area contributed by atoms with Crippen molar-refractivity contribution in [1.82, 2.24) is 4.57 Å². The van der Waals surface area contributed by atoms with Gasteiger partial charge in [-0.25, -0.2) is 14.2 Å². The molecule has 0 N–H and O–H groups in total. The topological polar surface area (TPSA) is 69.9 Å². The molecule has 0 saturated heterocycles. The zero-order valence-corrected chi connectivity index (χ0v) is 24.1. The summed E-state index contributed by atoms with van der Waals surface area (Å²) in [5.41, 5.74) is 3.32. The Morgan fingerprint density at radius 1 is 0.930 bits per heavy atom. The van der Waals surface area contributed by atoms with E-state index >= 15 is 0 Å². The van der Waals surface area contributed by atoms with Crippen molar-refractivity contribution in [2.24, 2.45) is 4.99 Å². The number of thiazole rings is 1. The van der Waals surface area contributed by atoms with E-state index in [9.17, 15) is 14.0 Å². The Labute approximate surface area is 251 Å². The second kappa shape index (κ2) is 12.4. The number of hydrogen-bond donors (Lipinski definition) is 0. The zero-order valence-electron chi connectivity index (χ0n) is 23.3. The molecule has 0 bridgehead atoms. The van der Waals surface area contributed by atoms with Gasteiger partial charge in [0.25, 0.3) is 5.56 Å². The van der Waals surface area contributed by atoms with Gasteiger partial charge in [0.2, 0.25) is 0 Å². The van der Waals surface area contributed by atoms with Crippen molar-refractivity contribution < 1.29 is 18.7 Å². The van der Waals surface area contributed by atoms with Crippen molar-refractivity contribution in [3.05, 3.63) is 163 Å². The number of aromatic nitrogens is 1. The highest BCUT2D eigenvalue weighted by atomic mass is 32.1. The van der Waals surface area contributed by atoms with Crippen molar-refractivity contribution >= 4 is 29.1 Å². The van der Waals surface area contributed by atoms with Crippen molar-refractivity contribution in [3.63, 3.8) is 0 Å². The van der Waals surface area contributed by atoms with Crippen LogP contribution < -0.4 is 19.6 Å². The number of halogens is 1. The van der Waals surface area contributed by atoms with E-state index < -0.39 is 17.8 Å². The van der Waals surface area contributed by atoms with Gasteiger partial charge in [0.05, 0.1) is 28.5 Å². The summed E-state index contributed by atoms with van der Waals surface area (Å²) in [6.45, 7) is 2.24. The molecule has 0 radical (unpaired) electrons. The summed E-state index contributed by atoms with van der Waals surface area (Å²) in [6.07, 6.45) is 1.78. The normalized spacial score (nSPS) is 14.7. The lowest BCUT2D eigenvalue weighted by molar-refractivity contribution is -0.138. The summed E-state index contributed by atoms with van der Waals surface area (Å²) >= 11 is 1.22. The van der Waals surface area contributed by atoms with Crippen LogP contribution in [-0.4, -0.2) is 17.1 Å².